The number of piperidine rings is 1. The third-order valence-corrected chi connectivity index (χ3v) is 3.86. The fourth-order valence-electron chi connectivity index (χ4n) is 3.24. The number of hydrogen-bond donors (Lipinski definition) is 2. The van der Waals surface area contributed by atoms with Gasteiger partial charge in [0.2, 0.25) is 0 Å². The van der Waals surface area contributed by atoms with Crippen LogP contribution in [0.3, 0.4) is 0 Å². The van der Waals surface area contributed by atoms with Crippen molar-refractivity contribution in [3.05, 3.63) is 24.3 Å². The Morgan fingerprint density at radius 3 is 2.30 bits per heavy atom. The molecule has 0 unspecified atom stereocenters. The number of halogens is 3. The summed E-state index contributed by atoms with van der Waals surface area (Å²) >= 11 is 0. The van der Waals surface area contributed by atoms with Crippen LogP contribution in [0.1, 0.15) is 20.3 Å². The van der Waals surface area contributed by atoms with Crippen LogP contribution in [-0.4, -0.2) is 31.9 Å². The van der Waals surface area contributed by atoms with Crippen molar-refractivity contribution in [3.63, 3.8) is 0 Å². The molecule has 128 valence electrons. The van der Waals surface area contributed by atoms with Crippen molar-refractivity contribution in [3.8, 4) is 5.75 Å². The van der Waals surface area contributed by atoms with Gasteiger partial charge in [-0.25, -0.2) is 0 Å². The number of likely N-dealkylation sites (tertiary alicyclic amines) is 1. The quantitative estimate of drug-likeness (QED) is 0.887. The lowest BCUT2D eigenvalue weighted by Crippen LogP contribution is -3.15. The number of quaternary nitrogens is 1. The van der Waals surface area contributed by atoms with Gasteiger partial charge in [0, 0.05) is 17.5 Å². The van der Waals surface area contributed by atoms with Gasteiger partial charge in [-0.3, -0.25) is 4.79 Å². The van der Waals surface area contributed by atoms with Crippen molar-refractivity contribution in [2.45, 2.75) is 26.6 Å². The van der Waals surface area contributed by atoms with Gasteiger partial charge >= 0.3 is 6.36 Å². The lowest BCUT2D eigenvalue weighted by molar-refractivity contribution is -0.904. The Bertz CT molecular complexity index is 521. The second kappa shape index (κ2) is 7.21. The molecular formula is C16H22F3N2O2+. The molecule has 2 N–H and O–H groups in total. The van der Waals surface area contributed by atoms with Crippen LogP contribution >= 0.6 is 0 Å². The zero-order valence-electron chi connectivity index (χ0n) is 13.2. The Kier molecular flexibility index (Phi) is 5.51. The highest BCUT2D eigenvalue weighted by Crippen LogP contribution is 2.23. The molecule has 1 fully saturated rings. The lowest BCUT2D eigenvalue weighted by Gasteiger charge is -2.31. The van der Waals surface area contributed by atoms with E-state index in [0.717, 1.165) is 13.1 Å². The normalized spacial score (nSPS) is 25.0. The molecule has 0 aromatic heterocycles. The number of amides is 1. The molecule has 0 saturated carbocycles. The van der Waals surface area contributed by atoms with Crippen LogP contribution in [0.25, 0.3) is 0 Å². The number of alkyl halides is 3. The van der Waals surface area contributed by atoms with Gasteiger partial charge in [0.25, 0.3) is 5.91 Å². The molecule has 1 heterocycles. The third kappa shape index (κ3) is 6.09. The topological polar surface area (TPSA) is 42.8 Å². The Morgan fingerprint density at radius 2 is 1.78 bits per heavy atom. The molecule has 1 amide bonds. The summed E-state index contributed by atoms with van der Waals surface area (Å²) in [6.45, 7) is 6.68. The van der Waals surface area contributed by atoms with E-state index >= 15 is 0 Å². The highest BCUT2D eigenvalue weighted by Gasteiger charge is 2.31. The molecule has 1 saturated heterocycles. The van der Waals surface area contributed by atoms with Crippen molar-refractivity contribution in [2.75, 3.05) is 25.0 Å². The van der Waals surface area contributed by atoms with Crippen LogP contribution in [0.15, 0.2) is 24.3 Å². The molecule has 0 aliphatic carbocycles. The lowest BCUT2D eigenvalue weighted by atomic mass is 9.92. The smallest absolute Gasteiger partial charge is 0.406 e. The van der Waals surface area contributed by atoms with Gasteiger partial charge in [-0.05, 0) is 30.7 Å². The molecule has 23 heavy (non-hydrogen) atoms. The van der Waals surface area contributed by atoms with Gasteiger partial charge in [-0.1, -0.05) is 13.8 Å². The van der Waals surface area contributed by atoms with Crippen LogP contribution in [-0.2, 0) is 4.79 Å². The molecule has 1 aromatic carbocycles. The number of carbonyl (C=O) groups is 1. The maximum atomic E-state index is 12.1. The average Bonchev–Trinajstić information content (AvgIpc) is 2.38. The minimum atomic E-state index is -4.71. The van der Waals surface area contributed by atoms with Crippen molar-refractivity contribution >= 4 is 11.6 Å². The number of nitrogens with one attached hydrogen (secondary N) is 2. The SMILES string of the molecule is C[C@H]1C[C@H](C)C[NH+](CC(=O)Nc2ccc(OC(F)(F)F)cc2)C1. The van der Waals surface area contributed by atoms with E-state index in [1.165, 1.54) is 35.6 Å². The van der Waals surface area contributed by atoms with Crippen molar-refractivity contribution in [2.24, 2.45) is 11.8 Å². The van der Waals surface area contributed by atoms with E-state index in [-0.39, 0.29) is 11.7 Å². The first-order valence-electron chi connectivity index (χ1n) is 7.70. The van der Waals surface area contributed by atoms with E-state index in [1.807, 2.05) is 0 Å². The first-order chi connectivity index (χ1) is 10.7. The van der Waals surface area contributed by atoms with E-state index in [2.05, 4.69) is 23.9 Å². The third-order valence-electron chi connectivity index (χ3n) is 3.86. The Labute approximate surface area is 133 Å². The number of ether oxygens (including phenoxy) is 1. The largest absolute Gasteiger partial charge is 0.573 e. The molecule has 2 atom stereocenters. The number of anilines is 1. The van der Waals surface area contributed by atoms with Gasteiger partial charge in [-0.15, -0.1) is 13.2 Å². The second-order valence-electron chi connectivity index (χ2n) is 6.40. The number of rotatable bonds is 4. The van der Waals surface area contributed by atoms with Crippen molar-refractivity contribution in [1.82, 2.24) is 0 Å². The molecule has 7 heteroatoms. The summed E-state index contributed by atoms with van der Waals surface area (Å²) in [5, 5.41) is 2.71. The van der Waals surface area contributed by atoms with Crippen LogP contribution in [0.2, 0.25) is 0 Å². The predicted octanol–water partition coefficient (Wildman–Crippen LogP) is 2.08. The Morgan fingerprint density at radius 1 is 1.22 bits per heavy atom. The van der Waals surface area contributed by atoms with Crippen LogP contribution in [0, 0.1) is 11.8 Å². The molecule has 0 radical (unpaired) electrons. The first kappa shape index (κ1) is 17.6. The van der Waals surface area contributed by atoms with Crippen LogP contribution < -0.4 is 15.0 Å². The van der Waals surface area contributed by atoms with E-state index in [4.69, 9.17) is 0 Å². The van der Waals surface area contributed by atoms with Gasteiger partial charge in [0.15, 0.2) is 6.54 Å². The highest BCUT2D eigenvalue weighted by atomic mass is 19.4. The van der Waals surface area contributed by atoms with Crippen LogP contribution in [0.4, 0.5) is 18.9 Å². The summed E-state index contributed by atoms with van der Waals surface area (Å²) < 4.78 is 40.0. The van der Waals surface area contributed by atoms with E-state index in [9.17, 15) is 18.0 Å². The van der Waals surface area contributed by atoms with Gasteiger partial charge in [-0.2, -0.15) is 0 Å². The molecule has 0 bridgehead atoms. The fraction of sp³-hybridized carbons (Fsp3) is 0.562. The van der Waals surface area contributed by atoms with E-state index < -0.39 is 6.36 Å². The molecule has 1 aliphatic heterocycles. The Hall–Kier alpha value is -1.76. The molecule has 4 nitrogen and oxygen atoms in total. The average molecular weight is 331 g/mol. The van der Waals surface area contributed by atoms with Crippen molar-refractivity contribution < 1.29 is 27.6 Å². The molecule has 1 aromatic rings. The zero-order chi connectivity index (χ0) is 17.0. The zero-order valence-corrected chi connectivity index (χ0v) is 13.2. The molecule has 0 spiro atoms. The minimum Gasteiger partial charge on any atom is -0.406 e. The molecule has 1 aliphatic rings. The predicted molar refractivity (Wildman–Crippen MR) is 80.3 cm³/mol. The summed E-state index contributed by atoms with van der Waals surface area (Å²) in [6, 6.07) is 5.16. The number of hydrogen-bond acceptors (Lipinski definition) is 2. The summed E-state index contributed by atoms with van der Waals surface area (Å²) in [5.41, 5.74) is 0.460. The number of carbonyl (C=O) groups excluding carboxylic acids is 1. The fourth-order valence-corrected chi connectivity index (χ4v) is 3.24. The van der Waals surface area contributed by atoms with E-state index in [0.29, 0.717) is 24.1 Å². The Balaban J connectivity index is 1.85. The summed E-state index contributed by atoms with van der Waals surface area (Å²) in [6.07, 6.45) is -3.53. The standard InChI is InChI=1S/C16H21F3N2O2/c1-11-7-12(2)9-21(8-11)10-15(22)20-13-3-5-14(6-4-13)23-16(17,18)19/h3-6,11-12H,7-10H2,1-2H3,(H,20,22)/p+1/t11-,12-/m0/s1. The monoisotopic (exact) mass is 331 g/mol. The minimum absolute atomic E-state index is 0.134. The molecule has 2 rings (SSSR count). The molecular weight excluding hydrogens is 309 g/mol. The maximum Gasteiger partial charge on any atom is 0.573 e. The van der Waals surface area contributed by atoms with Crippen molar-refractivity contribution in [1.29, 1.82) is 0 Å². The summed E-state index contributed by atoms with van der Waals surface area (Å²) in [4.78, 5) is 13.3. The van der Waals surface area contributed by atoms with Gasteiger partial charge < -0.3 is 15.0 Å². The summed E-state index contributed by atoms with van der Waals surface area (Å²) in [7, 11) is 0. The second-order valence-corrected chi connectivity index (χ2v) is 6.40. The van der Waals surface area contributed by atoms with E-state index in [1.54, 1.807) is 0 Å². The van der Waals surface area contributed by atoms with Gasteiger partial charge in [0.05, 0.1) is 13.1 Å². The van der Waals surface area contributed by atoms with Crippen LogP contribution in [0.5, 0.6) is 5.75 Å². The highest BCUT2D eigenvalue weighted by molar-refractivity contribution is 5.91. The maximum absolute atomic E-state index is 12.1. The van der Waals surface area contributed by atoms with Gasteiger partial charge in [0.1, 0.15) is 5.75 Å². The summed E-state index contributed by atoms with van der Waals surface area (Å²) in [5.74, 6) is 0.756. The first-order valence-corrected chi connectivity index (χ1v) is 7.70. The number of benzene rings is 1.